The van der Waals surface area contributed by atoms with Crippen LogP contribution >= 0.6 is 0 Å². The summed E-state index contributed by atoms with van der Waals surface area (Å²) in [6.07, 6.45) is 1.52. The second-order valence-electron chi connectivity index (χ2n) is 7.98. The molecule has 1 heterocycles. The van der Waals surface area contributed by atoms with Crippen LogP contribution in [0.15, 0.2) is 48.5 Å². The van der Waals surface area contributed by atoms with Crippen LogP contribution in [0.3, 0.4) is 0 Å². The third-order valence-electron chi connectivity index (χ3n) is 5.59. The highest BCUT2D eigenvalue weighted by atomic mass is 19.1. The SMILES string of the molecule is Cc1ccccc1CNC(=O)C1(C)CCCN(C(=O)NCc2ccc(F)cc2)C1. The lowest BCUT2D eigenvalue weighted by Gasteiger charge is -2.39. The van der Waals surface area contributed by atoms with Crippen LogP contribution in [0.1, 0.15) is 36.5 Å². The summed E-state index contributed by atoms with van der Waals surface area (Å²) in [5.41, 5.74) is 2.45. The molecule has 0 aromatic heterocycles. The van der Waals surface area contributed by atoms with E-state index >= 15 is 0 Å². The normalized spacial score (nSPS) is 18.9. The van der Waals surface area contributed by atoms with Gasteiger partial charge in [0, 0.05) is 26.2 Å². The zero-order valence-electron chi connectivity index (χ0n) is 17.0. The number of carbonyl (C=O) groups is 2. The minimum absolute atomic E-state index is 0.0308. The average molecular weight is 397 g/mol. The molecule has 2 aromatic rings. The fourth-order valence-electron chi connectivity index (χ4n) is 3.69. The number of rotatable bonds is 5. The van der Waals surface area contributed by atoms with Crippen molar-refractivity contribution in [2.75, 3.05) is 13.1 Å². The summed E-state index contributed by atoms with van der Waals surface area (Å²) >= 11 is 0. The lowest BCUT2D eigenvalue weighted by Crippen LogP contribution is -2.53. The largest absolute Gasteiger partial charge is 0.351 e. The maximum Gasteiger partial charge on any atom is 0.317 e. The van der Waals surface area contributed by atoms with Gasteiger partial charge in [-0.15, -0.1) is 0 Å². The number of halogens is 1. The van der Waals surface area contributed by atoms with Gasteiger partial charge in [-0.2, -0.15) is 0 Å². The van der Waals surface area contributed by atoms with E-state index < -0.39 is 5.41 Å². The highest BCUT2D eigenvalue weighted by Crippen LogP contribution is 2.30. The number of urea groups is 1. The topological polar surface area (TPSA) is 61.4 Å². The number of amides is 3. The molecule has 0 saturated carbocycles. The molecule has 29 heavy (non-hydrogen) atoms. The lowest BCUT2D eigenvalue weighted by atomic mass is 9.81. The zero-order chi connectivity index (χ0) is 20.9. The van der Waals surface area contributed by atoms with E-state index in [0.29, 0.717) is 26.2 Å². The molecule has 5 nitrogen and oxygen atoms in total. The van der Waals surface area contributed by atoms with Gasteiger partial charge < -0.3 is 15.5 Å². The van der Waals surface area contributed by atoms with Crippen LogP contribution in [0, 0.1) is 18.2 Å². The number of hydrogen-bond acceptors (Lipinski definition) is 2. The molecule has 0 radical (unpaired) electrons. The van der Waals surface area contributed by atoms with Crippen LogP contribution in [-0.4, -0.2) is 29.9 Å². The summed E-state index contributed by atoms with van der Waals surface area (Å²) in [5, 5.41) is 5.90. The zero-order valence-corrected chi connectivity index (χ0v) is 17.0. The van der Waals surface area contributed by atoms with E-state index in [4.69, 9.17) is 0 Å². The van der Waals surface area contributed by atoms with Crippen molar-refractivity contribution in [1.82, 2.24) is 15.5 Å². The summed E-state index contributed by atoms with van der Waals surface area (Å²) in [6, 6.07) is 13.8. The third kappa shape index (κ3) is 5.34. The van der Waals surface area contributed by atoms with Gasteiger partial charge in [0.15, 0.2) is 0 Å². The summed E-state index contributed by atoms with van der Waals surface area (Å²) in [7, 11) is 0. The minimum atomic E-state index is -0.617. The van der Waals surface area contributed by atoms with E-state index in [9.17, 15) is 14.0 Å². The second-order valence-corrected chi connectivity index (χ2v) is 7.98. The highest BCUT2D eigenvalue weighted by Gasteiger charge is 2.39. The Balaban J connectivity index is 1.54. The first-order chi connectivity index (χ1) is 13.9. The first kappa shape index (κ1) is 20.8. The highest BCUT2D eigenvalue weighted by molar-refractivity contribution is 5.84. The molecule has 3 rings (SSSR count). The predicted octanol–water partition coefficient (Wildman–Crippen LogP) is 3.76. The van der Waals surface area contributed by atoms with Crippen molar-refractivity contribution in [2.24, 2.45) is 5.41 Å². The molecule has 3 amide bonds. The molecular formula is C23H28FN3O2. The Hall–Kier alpha value is -2.89. The first-order valence-corrected chi connectivity index (χ1v) is 9.97. The molecule has 1 saturated heterocycles. The van der Waals surface area contributed by atoms with E-state index in [-0.39, 0.29) is 17.8 Å². The Kier molecular flexibility index (Phi) is 6.52. The molecule has 2 aromatic carbocycles. The van der Waals surface area contributed by atoms with Gasteiger partial charge in [-0.05, 0) is 55.5 Å². The Morgan fingerprint density at radius 3 is 2.52 bits per heavy atom. The Labute approximate surface area is 171 Å². The number of nitrogens with one attached hydrogen (secondary N) is 2. The van der Waals surface area contributed by atoms with Crippen molar-refractivity contribution in [1.29, 1.82) is 0 Å². The summed E-state index contributed by atoms with van der Waals surface area (Å²) in [5.74, 6) is -0.333. The number of aryl methyl sites for hydroxylation is 1. The maximum absolute atomic E-state index is 13.0. The van der Waals surface area contributed by atoms with Crippen molar-refractivity contribution in [3.63, 3.8) is 0 Å². The molecule has 1 aliphatic rings. The number of benzene rings is 2. The standard InChI is InChI=1S/C23H28FN3O2/c1-17-6-3-4-7-19(17)15-25-21(28)23(2)12-5-13-27(16-23)22(29)26-14-18-8-10-20(24)11-9-18/h3-4,6-11H,5,12-16H2,1-2H3,(H,25,28)(H,26,29). The van der Waals surface area contributed by atoms with Gasteiger partial charge >= 0.3 is 6.03 Å². The molecule has 2 N–H and O–H groups in total. The Morgan fingerprint density at radius 1 is 1.07 bits per heavy atom. The van der Waals surface area contributed by atoms with Gasteiger partial charge in [0.25, 0.3) is 0 Å². The van der Waals surface area contributed by atoms with E-state index in [1.54, 1.807) is 17.0 Å². The monoisotopic (exact) mass is 397 g/mol. The number of hydrogen-bond donors (Lipinski definition) is 2. The van der Waals surface area contributed by atoms with Gasteiger partial charge in [0.1, 0.15) is 5.82 Å². The molecule has 0 spiro atoms. The number of piperidine rings is 1. The molecular weight excluding hydrogens is 369 g/mol. The van der Waals surface area contributed by atoms with Gasteiger partial charge in [-0.3, -0.25) is 4.79 Å². The molecule has 154 valence electrons. The number of likely N-dealkylation sites (tertiary alicyclic amines) is 1. The van der Waals surface area contributed by atoms with Gasteiger partial charge in [-0.25, -0.2) is 9.18 Å². The molecule has 1 aliphatic heterocycles. The van der Waals surface area contributed by atoms with Crippen molar-refractivity contribution in [2.45, 2.75) is 39.8 Å². The predicted molar refractivity (Wildman–Crippen MR) is 111 cm³/mol. The van der Waals surface area contributed by atoms with Crippen LogP contribution in [-0.2, 0) is 17.9 Å². The quantitative estimate of drug-likeness (QED) is 0.807. The molecule has 1 fully saturated rings. The number of carbonyl (C=O) groups excluding carboxylic acids is 2. The number of nitrogens with zero attached hydrogens (tertiary/aromatic N) is 1. The van der Waals surface area contributed by atoms with Gasteiger partial charge in [0.05, 0.1) is 5.41 Å². The average Bonchev–Trinajstić information content (AvgIpc) is 2.72. The fraction of sp³-hybridized carbons (Fsp3) is 0.391. The molecule has 0 bridgehead atoms. The molecule has 0 aliphatic carbocycles. The van der Waals surface area contributed by atoms with Crippen molar-refractivity contribution in [3.05, 3.63) is 71.0 Å². The lowest BCUT2D eigenvalue weighted by molar-refractivity contribution is -0.132. The van der Waals surface area contributed by atoms with Gasteiger partial charge in [0.2, 0.25) is 5.91 Å². The molecule has 1 unspecified atom stereocenters. The van der Waals surface area contributed by atoms with Crippen molar-refractivity contribution >= 4 is 11.9 Å². The van der Waals surface area contributed by atoms with Crippen molar-refractivity contribution < 1.29 is 14.0 Å². The van der Waals surface area contributed by atoms with Crippen LogP contribution in [0.25, 0.3) is 0 Å². The fourth-order valence-corrected chi connectivity index (χ4v) is 3.69. The summed E-state index contributed by atoms with van der Waals surface area (Å²) < 4.78 is 13.0. The van der Waals surface area contributed by atoms with Gasteiger partial charge in [-0.1, -0.05) is 36.4 Å². The Morgan fingerprint density at radius 2 is 1.79 bits per heavy atom. The van der Waals surface area contributed by atoms with Crippen LogP contribution in [0.2, 0.25) is 0 Å². The second kappa shape index (κ2) is 9.07. The summed E-state index contributed by atoms with van der Waals surface area (Å²) in [4.78, 5) is 27.2. The Bertz CT molecular complexity index is 869. The van der Waals surface area contributed by atoms with E-state index in [1.807, 2.05) is 38.1 Å². The van der Waals surface area contributed by atoms with E-state index in [0.717, 1.165) is 29.5 Å². The third-order valence-corrected chi connectivity index (χ3v) is 5.59. The van der Waals surface area contributed by atoms with Crippen molar-refractivity contribution in [3.8, 4) is 0 Å². The van der Waals surface area contributed by atoms with E-state index in [2.05, 4.69) is 10.6 Å². The molecule has 1 atom stereocenters. The minimum Gasteiger partial charge on any atom is -0.351 e. The summed E-state index contributed by atoms with van der Waals surface area (Å²) in [6.45, 7) is 5.75. The van der Waals surface area contributed by atoms with Crippen LogP contribution in [0.5, 0.6) is 0 Å². The first-order valence-electron chi connectivity index (χ1n) is 9.97. The maximum atomic E-state index is 13.0. The van der Waals surface area contributed by atoms with Crippen LogP contribution < -0.4 is 10.6 Å². The van der Waals surface area contributed by atoms with Crippen LogP contribution in [0.4, 0.5) is 9.18 Å². The molecule has 6 heteroatoms. The smallest absolute Gasteiger partial charge is 0.317 e. The van der Waals surface area contributed by atoms with E-state index in [1.165, 1.54) is 12.1 Å².